The second kappa shape index (κ2) is 13.6. The van der Waals surface area contributed by atoms with E-state index in [9.17, 15) is 0 Å². The Balaban J connectivity index is 3.44. The zero-order chi connectivity index (χ0) is 15.1. The van der Waals surface area contributed by atoms with E-state index in [0.717, 1.165) is 6.61 Å². The molecule has 0 radical (unpaired) electrons. The van der Waals surface area contributed by atoms with Gasteiger partial charge in [0, 0.05) is 6.61 Å². The van der Waals surface area contributed by atoms with Gasteiger partial charge < -0.3 is 4.43 Å². The smallest absolute Gasteiger partial charge is 0.191 e. The molecule has 0 unspecified atom stereocenters. The van der Waals surface area contributed by atoms with E-state index < -0.39 is 8.32 Å². The number of allylic oxidation sites excluding steroid dienone is 4. The molecule has 0 spiro atoms. The second-order valence-corrected chi connectivity index (χ2v) is 10.4. The molecule has 118 valence electrons. The molecular formula is C18H36OSi. The van der Waals surface area contributed by atoms with Crippen molar-refractivity contribution in [1.29, 1.82) is 0 Å². The van der Waals surface area contributed by atoms with E-state index in [1.54, 1.807) is 0 Å². The van der Waals surface area contributed by atoms with Crippen LogP contribution in [0.1, 0.15) is 66.2 Å². The first-order valence-electron chi connectivity index (χ1n) is 8.66. The van der Waals surface area contributed by atoms with Gasteiger partial charge in [0.2, 0.25) is 0 Å². The summed E-state index contributed by atoms with van der Waals surface area (Å²) >= 11 is 0. The van der Waals surface area contributed by atoms with E-state index in [-0.39, 0.29) is 0 Å². The third-order valence-corrected chi connectivity index (χ3v) is 8.98. The highest BCUT2D eigenvalue weighted by Gasteiger charge is 2.27. The quantitative estimate of drug-likeness (QED) is 0.215. The van der Waals surface area contributed by atoms with Crippen molar-refractivity contribution in [2.45, 2.75) is 84.4 Å². The van der Waals surface area contributed by atoms with E-state index in [0.29, 0.717) is 0 Å². The molecule has 0 aromatic heterocycles. The maximum absolute atomic E-state index is 6.27. The van der Waals surface area contributed by atoms with E-state index in [2.05, 4.69) is 52.0 Å². The average molecular weight is 297 g/mol. The van der Waals surface area contributed by atoms with Crippen molar-refractivity contribution < 1.29 is 4.43 Å². The third kappa shape index (κ3) is 9.54. The minimum Gasteiger partial charge on any atom is -0.417 e. The first-order chi connectivity index (χ1) is 9.74. The average Bonchev–Trinajstić information content (AvgIpc) is 2.49. The molecule has 0 rings (SSSR count). The summed E-state index contributed by atoms with van der Waals surface area (Å²) in [4.78, 5) is 0. The summed E-state index contributed by atoms with van der Waals surface area (Å²) in [5.41, 5.74) is 0. The van der Waals surface area contributed by atoms with Crippen molar-refractivity contribution in [3.8, 4) is 0 Å². The Morgan fingerprint density at radius 2 is 1.40 bits per heavy atom. The highest BCUT2D eigenvalue weighted by molar-refractivity contribution is 6.73. The van der Waals surface area contributed by atoms with Crippen LogP contribution in [-0.4, -0.2) is 14.9 Å². The predicted octanol–water partition coefficient (Wildman–Crippen LogP) is 6.48. The molecule has 2 heteroatoms. The van der Waals surface area contributed by atoms with Crippen molar-refractivity contribution in [2.75, 3.05) is 6.61 Å². The number of unbranched alkanes of at least 4 members (excludes halogenated alkanes) is 5. The molecule has 0 atom stereocenters. The topological polar surface area (TPSA) is 9.23 Å². The minimum atomic E-state index is -1.33. The second-order valence-electron chi connectivity index (χ2n) is 5.60. The standard InChI is InChI=1S/C18H36OSi/c1-5-9-10-11-12-13-14-15-16-17-18-19-20(6-2,7-3)8-4/h5,9-11H,6-8,12-18H2,1-4H3/b9-5+,11-10+. The fourth-order valence-corrected chi connectivity index (χ4v) is 5.22. The zero-order valence-corrected chi connectivity index (χ0v) is 15.3. The lowest BCUT2D eigenvalue weighted by atomic mass is 10.1. The Morgan fingerprint density at radius 1 is 0.800 bits per heavy atom. The van der Waals surface area contributed by atoms with E-state index in [4.69, 9.17) is 4.43 Å². The van der Waals surface area contributed by atoms with Crippen LogP contribution in [0.15, 0.2) is 24.3 Å². The van der Waals surface area contributed by atoms with Gasteiger partial charge in [0.05, 0.1) is 0 Å². The van der Waals surface area contributed by atoms with Crippen molar-refractivity contribution in [3.05, 3.63) is 24.3 Å². The number of hydrogen-bond donors (Lipinski definition) is 0. The van der Waals surface area contributed by atoms with Crippen LogP contribution in [0.5, 0.6) is 0 Å². The molecule has 0 aromatic carbocycles. The van der Waals surface area contributed by atoms with Crippen LogP contribution in [0, 0.1) is 0 Å². The van der Waals surface area contributed by atoms with Gasteiger partial charge in [-0.05, 0) is 44.3 Å². The summed E-state index contributed by atoms with van der Waals surface area (Å²) in [7, 11) is -1.33. The fourth-order valence-electron chi connectivity index (χ4n) is 2.53. The molecule has 0 N–H and O–H groups in total. The Labute approximate surface area is 128 Å². The minimum absolute atomic E-state index is 1.00. The largest absolute Gasteiger partial charge is 0.417 e. The number of rotatable bonds is 13. The Morgan fingerprint density at radius 3 is 2.00 bits per heavy atom. The molecule has 0 fully saturated rings. The SMILES string of the molecule is C/C=C/C=C/CCCCCCCO[Si](CC)(CC)CC. The Kier molecular flexibility index (Phi) is 13.4. The van der Waals surface area contributed by atoms with Gasteiger partial charge >= 0.3 is 0 Å². The molecule has 0 amide bonds. The first kappa shape index (κ1) is 19.7. The van der Waals surface area contributed by atoms with Crippen molar-refractivity contribution in [1.82, 2.24) is 0 Å². The highest BCUT2D eigenvalue weighted by Crippen LogP contribution is 2.22. The molecule has 0 aliphatic heterocycles. The molecular weight excluding hydrogens is 260 g/mol. The van der Waals surface area contributed by atoms with Crippen LogP contribution in [0.2, 0.25) is 18.1 Å². The molecule has 0 aliphatic rings. The molecule has 0 saturated heterocycles. The van der Waals surface area contributed by atoms with E-state index in [1.807, 2.05) is 0 Å². The number of hydrogen-bond acceptors (Lipinski definition) is 1. The van der Waals surface area contributed by atoms with Crippen LogP contribution in [-0.2, 0) is 4.43 Å². The Bertz CT molecular complexity index is 246. The summed E-state index contributed by atoms with van der Waals surface area (Å²) in [6.45, 7) is 9.98. The molecule has 20 heavy (non-hydrogen) atoms. The third-order valence-electron chi connectivity index (χ3n) is 4.30. The molecule has 0 aromatic rings. The fraction of sp³-hybridized carbons (Fsp3) is 0.778. The normalized spacial score (nSPS) is 12.8. The van der Waals surface area contributed by atoms with Crippen molar-refractivity contribution in [2.24, 2.45) is 0 Å². The molecule has 0 heterocycles. The van der Waals surface area contributed by atoms with Gasteiger partial charge in [-0.2, -0.15) is 0 Å². The highest BCUT2D eigenvalue weighted by atomic mass is 28.4. The van der Waals surface area contributed by atoms with Gasteiger partial charge in [0.25, 0.3) is 0 Å². The van der Waals surface area contributed by atoms with Crippen LogP contribution < -0.4 is 0 Å². The van der Waals surface area contributed by atoms with E-state index in [1.165, 1.54) is 56.7 Å². The monoisotopic (exact) mass is 296 g/mol. The molecule has 1 nitrogen and oxygen atoms in total. The molecule has 0 saturated carbocycles. The van der Waals surface area contributed by atoms with Gasteiger partial charge in [0.15, 0.2) is 8.32 Å². The predicted molar refractivity (Wildman–Crippen MR) is 94.8 cm³/mol. The van der Waals surface area contributed by atoms with Gasteiger partial charge in [-0.3, -0.25) is 0 Å². The van der Waals surface area contributed by atoms with Gasteiger partial charge in [-0.25, -0.2) is 0 Å². The summed E-state index contributed by atoms with van der Waals surface area (Å²) in [5, 5.41) is 0. The zero-order valence-electron chi connectivity index (χ0n) is 14.3. The lowest BCUT2D eigenvalue weighted by Gasteiger charge is -2.27. The maximum Gasteiger partial charge on any atom is 0.191 e. The van der Waals surface area contributed by atoms with Crippen LogP contribution >= 0.6 is 0 Å². The Hall–Kier alpha value is -0.343. The van der Waals surface area contributed by atoms with Gasteiger partial charge in [0.1, 0.15) is 0 Å². The van der Waals surface area contributed by atoms with Crippen molar-refractivity contribution in [3.63, 3.8) is 0 Å². The first-order valence-corrected chi connectivity index (χ1v) is 11.2. The van der Waals surface area contributed by atoms with Gasteiger partial charge in [-0.15, -0.1) is 0 Å². The van der Waals surface area contributed by atoms with E-state index >= 15 is 0 Å². The maximum atomic E-state index is 6.27. The molecule has 0 aliphatic carbocycles. The molecule has 0 bridgehead atoms. The van der Waals surface area contributed by atoms with Crippen molar-refractivity contribution >= 4 is 8.32 Å². The summed E-state index contributed by atoms with van der Waals surface area (Å²) < 4.78 is 6.27. The summed E-state index contributed by atoms with van der Waals surface area (Å²) in [6.07, 6.45) is 16.4. The van der Waals surface area contributed by atoms with Crippen LogP contribution in [0.25, 0.3) is 0 Å². The van der Waals surface area contributed by atoms with Gasteiger partial charge in [-0.1, -0.05) is 64.3 Å². The van der Waals surface area contributed by atoms with Crippen LogP contribution in [0.3, 0.4) is 0 Å². The summed E-state index contributed by atoms with van der Waals surface area (Å²) in [6, 6.07) is 3.83. The van der Waals surface area contributed by atoms with Crippen LogP contribution in [0.4, 0.5) is 0 Å². The lowest BCUT2D eigenvalue weighted by Crippen LogP contribution is -2.36. The summed E-state index contributed by atoms with van der Waals surface area (Å²) in [5.74, 6) is 0. The lowest BCUT2D eigenvalue weighted by molar-refractivity contribution is 0.287.